The monoisotopic (exact) mass is 497 g/mol. The minimum Gasteiger partial charge on any atom is -0.497 e. The zero-order valence-electron chi connectivity index (χ0n) is 16.8. The fourth-order valence-corrected chi connectivity index (χ4v) is 6.49. The molecule has 1 aromatic heterocycles. The molecule has 1 aliphatic heterocycles. The average molecular weight is 498 g/mol. The molecule has 6 nitrogen and oxygen atoms in total. The summed E-state index contributed by atoms with van der Waals surface area (Å²) in [6.07, 6.45) is 0.718. The Balaban J connectivity index is 1.42. The standard InChI is InChI=1S/C21H21Cl2N3O3S2/c1-29-17-5-2-4-15(13-17)12-16-14-30-21(24-16)25-8-10-26(11-9-25)31(27,28)19-7-3-6-18(22)20(19)23/h2-7,13-14H,8-12H2,1H3. The molecule has 0 atom stereocenters. The fourth-order valence-electron chi connectivity index (χ4n) is 3.46. The van der Waals surface area contributed by atoms with E-state index in [2.05, 4.69) is 4.90 Å². The molecule has 0 unspecified atom stereocenters. The molecular formula is C21H21Cl2N3O3S2. The lowest BCUT2D eigenvalue weighted by atomic mass is 10.1. The molecule has 0 radical (unpaired) electrons. The molecule has 1 saturated heterocycles. The van der Waals surface area contributed by atoms with Gasteiger partial charge in [-0.3, -0.25) is 0 Å². The van der Waals surface area contributed by atoms with E-state index in [0.29, 0.717) is 26.2 Å². The van der Waals surface area contributed by atoms with Crippen LogP contribution in [-0.4, -0.2) is 51.0 Å². The number of aromatic nitrogens is 1. The topological polar surface area (TPSA) is 62.7 Å². The van der Waals surface area contributed by atoms with Crippen molar-refractivity contribution in [2.24, 2.45) is 0 Å². The Bertz CT molecular complexity index is 1180. The number of benzene rings is 2. The van der Waals surface area contributed by atoms with Gasteiger partial charge < -0.3 is 9.64 Å². The summed E-state index contributed by atoms with van der Waals surface area (Å²) >= 11 is 13.7. The first-order valence-corrected chi connectivity index (χ1v) is 12.7. The molecule has 3 aromatic rings. The summed E-state index contributed by atoms with van der Waals surface area (Å²) in [7, 11) is -2.05. The Kier molecular flexibility index (Phi) is 6.74. The summed E-state index contributed by atoms with van der Waals surface area (Å²) in [6.45, 7) is 1.83. The first kappa shape index (κ1) is 22.4. The van der Waals surface area contributed by atoms with Crippen LogP contribution in [0.1, 0.15) is 11.3 Å². The molecule has 0 N–H and O–H groups in total. The number of methoxy groups -OCH3 is 1. The number of sulfonamides is 1. The molecule has 4 rings (SSSR count). The molecule has 2 heterocycles. The number of anilines is 1. The van der Waals surface area contributed by atoms with E-state index in [9.17, 15) is 8.42 Å². The molecule has 0 amide bonds. The minimum atomic E-state index is -3.70. The second-order valence-electron chi connectivity index (χ2n) is 7.09. The van der Waals surface area contributed by atoms with Gasteiger partial charge in [0.1, 0.15) is 10.6 Å². The van der Waals surface area contributed by atoms with Crippen molar-refractivity contribution in [2.45, 2.75) is 11.3 Å². The maximum Gasteiger partial charge on any atom is 0.244 e. The Morgan fingerprint density at radius 1 is 1.10 bits per heavy atom. The highest BCUT2D eigenvalue weighted by molar-refractivity contribution is 7.89. The van der Waals surface area contributed by atoms with Crippen LogP contribution < -0.4 is 9.64 Å². The predicted octanol–water partition coefficient (Wildman–Crippen LogP) is 4.56. The van der Waals surface area contributed by atoms with Gasteiger partial charge in [0.15, 0.2) is 5.13 Å². The molecule has 0 aliphatic carbocycles. The van der Waals surface area contributed by atoms with E-state index in [1.54, 1.807) is 30.6 Å². The van der Waals surface area contributed by atoms with Crippen molar-refractivity contribution in [1.82, 2.24) is 9.29 Å². The number of rotatable bonds is 6. The van der Waals surface area contributed by atoms with Crippen LogP contribution in [0, 0.1) is 0 Å². The van der Waals surface area contributed by atoms with Gasteiger partial charge in [-0.1, -0.05) is 41.4 Å². The third-order valence-corrected chi connectivity index (χ3v) is 8.92. The van der Waals surface area contributed by atoms with Crippen LogP contribution in [0.3, 0.4) is 0 Å². The van der Waals surface area contributed by atoms with E-state index in [1.807, 2.05) is 29.6 Å². The lowest BCUT2D eigenvalue weighted by molar-refractivity contribution is 0.384. The van der Waals surface area contributed by atoms with E-state index in [4.69, 9.17) is 32.9 Å². The Morgan fingerprint density at radius 2 is 1.84 bits per heavy atom. The molecular weight excluding hydrogens is 477 g/mol. The van der Waals surface area contributed by atoms with Crippen molar-refractivity contribution in [1.29, 1.82) is 0 Å². The van der Waals surface area contributed by atoms with Crippen LogP contribution in [0.15, 0.2) is 52.7 Å². The van der Waals surface area contributed by atoms with Gasteiger partial charge in [-0.25, -0.2) is 13.4 Å². The SMILES string of the molecule is COc1cccc(Cc2csc(N3CCN(S(=O)(=O)c4cccc(Cl)c4Cl)CC3)n2)c1. The summed E-state index contributed by atoms with van der Waals surface area (Å²) in [4.78, 5) is 6.92. The summed E-state index contributed by atoms with van der Waals surface area (Å²) < 4.78 is 32.7. The number of thiazole rings is 1. The molecule has 164 valence electrons. The quantitative estimate of drug-likeness (QED) is 0.499. The van der Waals surface area contributed by atoms with E-state index < -0.39 is 10.0 Å². The minimum absolute atomic E-state index is 0.0462. The number of hydrogen-bond acceptors (Lipinski definition) is 6. The van der Waals surface area contributed by atoms with Gasteiger partial charge in [0.25, 0.3) is 0 Å². The number of hydrogen-bond donors (Lipinski definition) is 0. The highest BCUT2D eigenvalue weighted by Gasteiger charge is 2.31. The lowest BCUT2D eigenvalue weighted by Gasteiger charge is -2.34. The van der Waals surface area contributed by atoms with Gasteiger partial charge in [0, 0.05) is 38.0 Å². The largest absolute Gasteiger partial charge is 0.497 e. The Hall–Kier alpha value is -1.84. The highest BCUT2D eigenvalue weighted by Crippen LogP contribution is 2.32. The van der Waals surface area contributed by atoms with Crippen molar-refractivity contribution in [3.63, 3.8) is 0 Å². The van der Waals surface area contributed by atoms with Crippen molar-refractivity contribution >= 4 is 49.7 Å². The van der Waals surface area contributed by atoms with Crippen LogP contribution >= 0.6 is 34.5 Å². The second-order valence-corrected chi connectivity index (χ2v) is 10.6. The van der Waals surface area contributed by atoms with Gasteiger partial charge in [-0.05, 0) is 29.8 Å². The molecule has 1 fully saturated rings. The number of halogens is 2. The zero-order chi connectivity index (χ0) is 22.0. The number of nitrogens with zero attached hydrogens (tertiary/aromatic N) is 3. The fraction of sp³-hybridized carbons (Fsp3) is 0.286. The molecule has 0 spiro atoms. The normalized spacial score (nSPS) is 15.3. The number of piperazine rings is 1. The summed E-state index contributed by atoms with van der Waals surface area (Å²) in [5, 5.41) is 3.24. The number of ether oxygens (including phenoxy) is 1. The van der Waals surface area contributed by atoms with Crippen molar-refractivity contribution in [3.05, 3.63) is 69.1 Å². The highest BCUT2D eigenvalue weighted by atomic mass is 35.5. The van der Waals surface area contributed by atoms with Crippen LogP contribution in [0.4, 0.5) is 5.13 Å². The maximum atomic E-state index is 13.0. The third-order valence-electron chi connectivity index (χ3n) is 5.10. The summed E-state index contributed by atoms with van der Waals surface area (Å²) in [5.74, 6) is 0.824. The van der Waals surface area contributed by atoms with E-state index in [-0.39, 0.29) is 14.9 Å². The molecule has 10 heteroatoms. The molecule has 2 aromatic carbocycles. The molecule has 1 aliphatic rings. The van der Waals surface area contributed by atoms with Crippen molar-refractivity contribution < 1.29 is 13.2 Å². The zero-order valence-corrected chi connectivity index (χ0v) is 19.9. The van der Waals surface area contributed by atoms with Crippen LogP contribution in [0.5, 0.6) is 5.75 Å². The second kappa shape index (κ2) is 9.34. The third kappa shape index (κ3) is 4.83. The smallest absolute Gasteiger partial charge is 0.244 e. The molecule has 31 heavy (non-hydrogen) atoms. The predicted molar refractivity (Wildman–Crippen MR) is 125 cm³/mol. The van der Waals surface area contributed by atoms with Crippen molar-refractivity contribution in [2.75, 3.05) is 38.2 Å². The van der Waals surface area contributed by atoms with Gasteiger partial charge in [0.2, 0.25) is 10.0 Å². The van der Waals surface area contributed by atoms with E-state index in [1.165, 1.54) is 10.4 Å². The Labute approximate surface area is 196 Å². The Morgan fingerprint density at radius 3 is 2.58 bits per heavy atom. The lowest BCUT2D eigenvalue weighted by Crippen LogP contribution is -2.48. The summed E-state index contributed by atoms with van der Waals surface area (Å²) in [5.41, 5.74) is 2.11. The van der Waals surface area contributed by atoms with Gasteiger partial charge in [-0.15, -0.1) is 11.3 Å². The van der Waals surface area contributed by atoms with Crippen LogP contribution in [0.25, 0.3) is 0 Å². The van der Waals surface area contributed by atoms with Crippen molar-refractivity contribution in [3.8, 4) is 5.75 Å². The van der Waals surface area contributed by atoms with E-state index >= 15 is 0 Å². The van der Waals surface area contributed by atoms with Gasteiger partial charge >= 0.3 is 0 Å². The van der Waals surface area contributed by atoms with Gasteiger partial charge in [0.05, 0.1) is 22.8 Å². The molecule has 0 bridgehead atoms. The van der Waals surface area contributed by atoms with E-state index in [0.717, 1.165) is 28.6 Å². The van der Waals surface area contributed by atoms with Crippen LogP contribution in [-0.2, 0) is 16.4 Å². The van der Waals surface area contributed by atoms with Gasteiger partial charge in [-0.2, -0.15) is 4.31 Å². The first-order valence-electron chi connectivity index (χ1n) is 9.65. The average Bonchev–Trinajstić information content (AvgIpc) is 3.24. The summed E-state index contributed by atoms with van der Waals surface area (Å²) in [6, 6.07) is 12.6. The van der Waals surface area contributed by atoms with Crippen LogP contribution in [0.2, 0.25) is 10.0 Å². The first-order chi connectivity index (χ1) is 14.9. The molecule has 0 saturated carbocycles. The maximum absolute atomic E-state index is 13.0.